The lowest BCUT2D eigenvalue weighted by Crippen LogP contribution is -2.46. The predicted octanol–water partition coefficient (Wildman–Crippen LogP) is 2.22. The zero-order valence-corrected chi connectivity index (χ0v) is 19.1. The number of hydrogen-bond donors (Lipinski definition) is 2. The Morgan fingerprint density at radius 3 is 2.97 bits per heavy atom. The number of rotatable bonds is 3. The van der Waals surface area contributed by atoms with Crippen LogP contribution in [0.4, 0.5) is 5.13 Å². The first-order valence-corrected chi connectivity index (χ1v) is 12.1. The molecule has 2 atom stereocenters. The summed E-state index contributed by atoms with van der Waals surface area (Å²) in [6.45, 7) is 6.19. The molecule has 2 fully saturated rings. The van der Waals surface area contributed by atoms with E-state index in [1.54, 1.807) is 6.20 Å². The quantitative estimate of drug-likeness (QED) is 0.478. The van der Waals surface area contributed by atoms with Gasteiger partial charge in [0.25, 0.3) is 5.91 Å². The van der Waals surface area contributed by atoms with Crippen molar-refractivity contribution in [1.29, 1.82) is 0 Å². The van der Waals surface area contributed by atoms with E-state index < -0.39 is 0 Å². The smallest absolute Gasteiger partial charge is 0.326 e. The average molecular weight is 468 g/mol. The number of morpholine rings is 1. The SMILES string of the molecule is CC1CCN(C(=O)c2csc(N3CCOCC3)n2)CC1n1c(=O)[nH]c2cnc3[nH]ccc3c21. The van der Waals surface area contributed by atoms with Gasteiger partial charge in [-0.05, 0) is 18.4 Å². The molecule has 4 aromatic heterocycles. The number of amides is 1. The molecule has 6 heterocycles. The molecule has 2 saturated heterocycles. The van der Waals surface area contributed by atoms with E-state index in [1.807, 2.05) is 27.1 Å². The topological polar surface area (TPSA) is 112 Å². The second-order valence-electron chi connectivity index (χ2n) is 8.76. The molecule has 0 spiro atoms. The maximum atomic E-state index is 13.4. The van der Waals surface area contributed by atoms with E-state index in [-0.39, 0.29) is 23.6 Å². The summed E-state index contributed by atoms with van der Waals surface area (Å²) < 4.78 is 7.23. The van der Waals surface area contributed by atoms with Crippen molar-refractivity contribution in [3.8, 4) is 0 Å². The number of imidazole rings is 1. The molecule has 2 aliphatic rings. The van der Waals surface area contributed by atoms with Crippen LogP contribution in [0.3, 0.4) is 0 Å². The van der Waals surface area contributed by atoms with Crippen LogP contribution in [0, 0.1) is 5.92 Å². The van der Waals surface area contributed by atoms with Gasteiger partial charge in [-0.15, -0.1) is 11.3 Å². The van der Waals surface area contributed by atoms with E-state index in [2.05, 4.69) is 31.8 Å². The summed E-state index contributed by atoms with van der Waals surface area (Å²) in [6, 6.07) is 1.80. The maximum absolute atomic E-state index is 13.4. The van der Waals surface area contributed by atoms with Gasteiger partial charge in [-0.25, -0.2) is 14.8 Å². The van der Waals surface area contributed by atoms with Crippen LogP contribution in [0.1, 0.15) is 29.9 Å². The molecule has 33 heavy (non-hydrogen) atoms. The van der Waals surface area contributed by atoms with Crippen molar-refractivity contribution in [3.05, 3.63) is 40.0 Å². The number of hydrogen-bond acceptors (Lipinski definition) is 7. The van der Waals surface area contributed by atoms with Crippen molar-refractivity contribution < 1.29 is 9.53 Å². The zero-order valence-electron chi connectivity index (χ0n) is 18.3. The molecule has 2 unspecified atom stereocenters. The Labute approximate surface area is 193 Å². The highest BCUT2D eigenvalue weighted by atomic mass is 32.1. The molecule has 6 rings (SSSR count). The number of likely N-dealkylation sites (tertiary alicyclic amines) is 1. The lowest BCUT2D eigenvalue weighted by molar-refractivity contribution is 0.0617. The normalized spacial score (nSPS) is 21.8. The van der Waals surface area contributed by atoms with E-state index in [1.165, 1.54) is 11.3 Å². The van der Waals surface area contributed by atoms with Gasteiger partial charge in [-0.1, -0.05) is 6.92 Å². The molecule has 1 amide bonds. The number of anilines is 1. The summed E-state index contributed by atoms with van der Waals surface area (Å²) in [7, 11) is 0. The second-order valence-corrected chi connectivity index (χ2v) is 9.60. The van der Waals surface area contributed by atoms with Gasteiger partial charge in [0.1, 0.15) is 11.3 Å². The molecular weight excluding hydrogens is 442 g/mol. The van der Waals surface area contributed by atoms with Crippen LogP contribution < -0.4 is 10.6 Å². The fourth-order valence-corrected chi connectivity index (χ4v) is 5.79. The summed E-state index contributed by atoms with van der Waals surface area (Å²) in [6.07, 6.45) is 4.33. The fourth-order valence-electron chi connectivity index (χ4n) is 4.93. The second kappa shape index (κ2) is 7.99. The Hall–Kier alpha value is -3.18. The molecule has 2 N–H and O–H groups in total. The number of pyridine rings is 1. The predicted molar refractivity (Wildman–Crippen MR) is 126 cm³/mol. The van der Waals surface area contributed by atoms with Crippen LogP contribution in [-0.2, 0) is 4.74 Å². The van der Waals surface area contributed by atoms with Gasteiger partial charge in [0, 0.05) is 43.1 Å². The van der Waals surface area contributed by atoms with Gasteiger partial charge in [-0.2, -0.15) is 0 Å². The van der Waals surface area contributed by atoms with Crippen molar-refractivity contribution >= 4 is 44.4 Å². The van der Waals surface area contributed by atoms with Gasteiger partial charge in [-0.3, -0.25) is 9.36 Å². The molecule has 0 bridgehead atoms. The molecule has 0 aromatic carbocycles. The number of aromatic nitrogens is 5. The van der Waals surface area contributed by atoms with Crippen molar-refractivity contribution in [2.24, 2.45) is 5.92 Å². The van der Waals surface area contributed by atoms with Gasteiger partial charge in [0.2, 0.25) is 0 Å². The third-order valence-electron chi connectivity index (χ3n) is 6.79. The Bertz CT molecular complexity index is 1380. The van der Waals surface area contributed by atoms with Gasteiger partial charge < -0.3 is 24.5 Å². The number of nitrogens with one attached hydrogen (secondary N) is 2. The lowest BCUT2D eigenvalue weighted by Gasteiger charge is -2.37. The molecule has 11 heteroatoms. The molecular formula is C22H25N7O3S. The number of fused-ring (bicyclic) bond motifs is 3. The molecule has 4 aromatic rings. The Morgan fingerprint density at radius 2 is 2.12 bits per heavy atom. The number of nitrogens with zero attached hydrogens (tertiary/aromatic N) is 5. The summed E-state index contributed by atoms with van der Waals surface area (Å²) in [5, 5.41) is 3.60. The van der Waals surface area contributed by atoms with E-state index in [9.17, 15) is 9.59 Å². The minimum absolute atomic E-state index is 0.0796. The molecule has 2 aliphatic heterocycles. The number of ether oxygens (including phenoxy) is 1. The Kier molecular flexibility index (Phi) is 4.95. The number of thiazole rings is 1. The van der Waals surface area contributed by atoms with Gasteiger partial charge in [0.05, 0.1) is 36.5 Å². The van der Waals surface area contributed by atoms with Crippen LogP contribution in [0.2, 0.25) is 0 Å². The van der Waals surface area contributed by atoms with E-state index >= 15 is 0 Å². The summed E-state index contributed by atoms with van der Waals surface area (Å²) >= 11 is 1.50. The molecule has 0 aliphatic carbocycles. The number of carbonyl (C=O) groups excluding carboxylic acids is 1. The highest BCUT2D eigenvalue weighted by Crippen LogP contribution is 2.32. The van der Waals surface area contributed by atoms with E-state index in [0.717, 1.165) is 41.2 Å². The van der Waals surface area contributed by atoms with E-state index in [4.69, 9.17) is 4.74 Å². The largest absolute Gasteiger partial charge is 0.378 e. The third kappa shape index (κ3) is 3.42. The van der Waals surface area contributed by atoms with Crippen molar-refractivity contribution in [2.45, 2.75) is 19.4 Å². The monoisotopic (exact) mass is 467 g/mol. The highest BCUT2D eigenvalue weighted by Gasteiger charge is 2.34. The van der Waals surface area contributed by atoms with Crippen LogP contribution >= 0.6 is 11.3 Å². The maximum Gasteiger partial charge on any atom is 0.326 e. The summed E-state index contributed by atoms with van der Waals surface area (Å²) in [4.78, 5) is 45.4. The van der Waals surface area contributed by atoms with Crippen molar-refractivity contribution in [1.82, 2.24) is 29.4 Å². The van der Waals surface area contributed by atoms with E-state index in [0.29, 0.717) is 37.5 Å². The number of aromatic amines is 2. The van der Waals surface area contributed by atoms with Crippen LogP contribution in [0.5, 0.6) is 0 Å². The zero-order chi connectivity index (χ0) is 22.5. The number of carbonyl (C=O) groups is 1. The Balaban J connectivity index is 1.31. The first kappa shape index (κ1) is 20.4. The molecule has 10 nitrogen and oxygen atoms in total. The van der Waals surface area contributed by atoms with Crippen LogP contribution in [0.25, 0.3) is 22.1 Å². The van der Waals surface area contributed by atoms with Crippen LogP contribution in [-0.4, -0.2) is 74.7 Å². The Morgan fingerprint density at radius 1 is 1.27 bits per heavy atom. The molecule has 0 saturated carbocycles. The van der Waals surface area contributed by atoms with Gasteiger partial charge >= 0.3 is 5.69 Å². The minimum atomic E-state index is -0.171. The van der Waals surface area contributed by atoms with Crippen LogP contribution in [0.15, 0.2) is 28.6 Å². The van der Waals surface area contributed by atoms with Crippen molar-refractivity contribution in [2.75, 3.05) is 44.3 Å². The number of H-pyrrole nitrogens is 2. The summed E-state index contributed by atoms with van der Waals surface area (Å²) in [5.74, 6) is 0.163. The summed E-state index contributed by atoms with van der Waals surface area (Å²) in [5.41, 5.74) is 2.58. The first-order valence-electron chi connectivity index (χ1n) is 11.2. The molecule has 0 radical (unpaired) electrons. The van der Waals surface area contributed by atoms with Gasteiger partial charge in [0.15, 0.2) is 5.13 Å². The lowest BCUT2D eigenvalue weighted by atomic mass is 9.92. The van der Waals surface area contributed by atoms with Crippen molar-refractivity contribution in [3.63, 3.8) is 0 Å². The number of piperidine rings is 1. The molecule has 172 valence electrons. The average Bonchev–Trinajstić information content (AvgIpc) is 3.57. The minimum Gasteiger partial charge on any atom is -0.378 e. The third-order valence-corrected chi connectivity index (χ3v) is 7.69. The highest BCUT2D eigenvalue weighted by molar-refractivity contribution is 7.13. The standard InChI is InChI=1S/C22H25N7O3S/c1-13-3-5-28(20(30)16-12-33-22(26-16)27-6-8-32-9-7-27)11-17(13)29-18-14-2-4-23-19(14)24-10-15(18)25-21(29)31/h2,4,10,12-13,17H,3,5-9,11H2,1H3,(H,23,24)(H,25,31). The fraction of sp³-hybridized carbons (Fsp3) is 0.455. The first-order chi connectivity index (χ1) is 16.1.